The molecule has 25 heavy (non-hydrogen) atoms. The minimum atomic E-state index is -3.67. The third kappa shape index (κ3) is 4.66. The highest BCUT2D eigenvalue weighted by Gasteiger charge is 2.31. The van der Waals surface area contributed by atoms with Crippen LogP contribution in [0.4, 0.5) is 5.82 Å². The number of carbonyl (C=O) groups is 1. The van der Waals surface area contributed by atoms with Crippen LogP contribution in [0.25, 0.3) is 0 Å². The molecular formula is C16H26N4O4S. The van der Waals surface area contributed by atoms with E-state index >= 15 is 0 Å². The second kappa shape index (κ2) is 6.87. The predicted octanol–water partition coefficient (Wildman–Crippen LogP) is 0.992. The lowest BCUT2D eigenvalue weighted by molar-refractivity contribution is 0.0997. The number of rotatable bonds is 4. The van der Waals surface area contributed by atoms with E-state index in [1.165, 1.54) is 0 Å². The van der Waals surface area contributed by atoms with Crippen molar-refractivity contribution < 1.29 is 18.3 Å². The number of amides is 1. The van der Waals surface area contributed by atoms with Crippen LogP contribution in [0.1, 0.15) is 62.5 Å². The van der Waals surface area contributed by atoms with Gasteiger partial charge in [0.25, 0.3) is 5.91 Å². The number of nitrogens with one attached hydrogen (secondary N) is 1. The molecule has 140 valence electrons. The fourth-order valence-electron chi connectivity index (χ4n) is 2.98. The molecule has 2 rings (SSSR count). The Morgan fingerprint density at radius 1 is 1.28 bits per heavy atom. The van der Waals surface area contributed by atoms with Gasteiger partial charge in [0.05, 0.1) is 11.8 Å². The van der Waals surface area contributed by atoms with Crippen LogP contribution in [0.3, 0.4) is 0 Å². The van der Waals surface area contributed by atoms with Gasteiger partial charge in [-0.1, -0.05) is 20.8 Å². The zero-order valence-corrected chi connectivity index (χ0v) is 15.9. The first-order chi connectivity index (χ1) is 11.4. The maximum Gasteiger partial charge on any atom is 0.254 e. The summed E-state index contributed by atoms with van der Waals surface area (Å²) in [5.41, 5.74) is 5.33. The highest BCUT2D eigenvalue weighted by molar-refractivity contribution is 7.90. The average molecular weight is 370 g/mol. The van der Waals surface area contributed by atoms with Crippen LogP contribution in [0.2, 0.25) is 0 Å². The molecule has 1 aromatic heterocycles. The topological polar surface area (TPSA) is 135 Å². The number of primary amides is 1. The number of anilines is 1. The molecule has 0 aliphatic heterocycles. The normalized spacial score (nSPS) is 21.8. The third-order valence-electron chi connectivity index (χ3n) is 4.16. The summed E-state index contributed by atoms with van der Waals surface area (Å²) >= 11 is 0. The molecule has 1 fully saturated rings. The summed E-state index contributed by atoms with van der Waals surface area (Å²) in [5, 5.41) is 12.6. The molecule has 0 radical (unpaired) electrons. The van der Waals surface area contributed by atoms with E-state index in [4.69, 9.17) is 5.73 Å². The maximum absolute atomic E-state index is 12.1. The predicted molar refractivity (Wildman–Crippen MR) is 94.2 cm³/mol. The first-order valence-corrected chi connectivity index (χ1v) is 10.2. The Bertz CT molecular complexity index is 771. The van der Waals surface area contributed by atoms with Gasteiger partial charge < -0.3 is 16.2 Å². The Balaban J connectivity index is 2.60. The first kappa shape index (κ1) is 19.6. The van der Waals surface area contributed by atoms with Gasteiger partial charge in [-0.2, -0.15) is 0 Å². The number of nitrogens with two attached hydrogens (primary N) is 1. The Kier molecular flexibility index (Phi) is 5.38. The summed E-state index contributed by atoms with van der Waals surface area (Å²) in [6.07, 6.45) is 3.45. The number of aliphatic hydroxyl groups excluding tert-OH is 1. The molecule has 0 unspecified atom stereocenters. The largest absolute Gasteiger partial charge is 0.393 e. The minimum absolute atomic E-state index is 0.0972. The summed E-state index contributed by atoms with van der Waals surface area (Å²) in [6.45, 7) is 5.46. The van der Waals surface area contributed by atoms with Crippen LogP contribution in [0.5, 0.6) is 0 Å². The molecule has 1 saturated carbocycles. The molecule has 1 aliphatic rings. The van der Waals surface area contributed by atoms with Crippen LogP contribution < -0.4 is 11.1 Å². The van der Waals surface area contributed by atoms with Crippen molar-refractivity contribution >= 4 is 21.6 Å². The van der Waals surface area contributed by atoms with Crippen LogP contribution in [-0.4, -0.2) is 47.8 Å². The Labute approximate surface area is 148 Å². The van der Waals surface area contributed by atoms with Crippen molar-refractivity contribution in [3.8, 4) is 0 Å². The summed E-state index contributed by atoms with van der Waals surface area (Å²) < 4.78 is 24.0. The zero-order valence-electron chi connectivity index (χ0n) is 15.0. The van der Waals surface area contributed by atoms with Crippen molar-refractivity contribution in [1.82, 2.24) is 9.97 Å². The lowest BCUT2D eigenvalue weighted by atomic mass is 9.88. The Morgan fingerprint density at radius 3 is 2.40 bits per heavy atom. The van der Waals surface area contributed by atoms with Gasteiger partial charge in [-0.25, -0.2) is 18.4 Å². The Hall–Kier alpha value is -1.74. The monoisotopic (exact) mass is 370 g/mol. The third-order valence-corrected chi connectivity index (χ3v) is 5.01. The number of nitrogens with zero attached hydrogens (tertiary/aromatic N) is 2. The van der Waals surface area contributed by atoms with Crippen molar-refractivity contribution in [2.24, 2.45) is 5.73 Å². The number of aromatic nitrogens is 2. The van der Waals surface area contributed by atoms with E-state index in [-0.39, 0.29) is 28.3 Å². The van der Waals surface area contributed by atoms with Crippen LogP contribution >= 0.6 is 0 Å². The molecule has 2 atom stereocenters. The molecule has 0 saturated heterocycles. The van der Waals surface area contributed by atoms with E-state index in [0.717, 1.165) is 25.5 Å². The molecule has 9 heteroatoms. The van der Waals surface area contributed by atoms with Crippen molar-refractivity contribution in [3.05, 3.63) is 11.3 Å². The average Bonchev–Trinajstić information content (AvgIpc) is 2.44. The van der Waals surface area contributed by atoms with E-state index in [1.54, 1.807) is 0 Å². The van der Waals surface area contributed by atoms with Gasteiger partial charge in [-0.3, -0.25) is 4.79 Å². The summed E-state index contributed by atoms with van der Waals surface area (Å²) in [7, 11) is -3.67. The Morgan fingerprint density at radius 2 is 1.92 bits per heavy atom. The second-order valence-electron chi connectivity index (χ2n) is 7.63. The van der Waals surface area contributed by atoms with E-state index in [1.807, 2.05) is 20.8 Å². The molecule has 4 N–H and O–H groups in total. The molecule has 0 aromatic carbocycles. The van der Waals surface area contributed by atoms with Gasteiger partial charge in [0.15, 0.2) is 0 Å². The number of carbonyl (C=O) groups excluding carboxylic acids is 1. The van der Waals surface area contributed by atoms with Gasteiger partial charge in [0.2, 0.25) is 15.0 Å². The van der Waals surface area contributed by atoms with Crippen molar-refractivity contribution in [3.63, 3.8) is 0 Å². The van der Waals surface area contributed by atoms with Gasteiger partial charge in [-0.15, -0.1) is 0 Å². The van der Waals surface area contributed by atoms with E-state index in [2.05, 4.69) is 15.3 Å². The molecule has 1 amide bonds. The molecule has 0 bridgehead atoms. The second-order valence-corrected chi connectivity index (χ2v) is 9.54. The maximum atomic E-state index is 12.1. The fraction of sp³-hybridized carbons (Fsp3) is 0.688. The lowest BCUT2D eigenvalue weighted by Crippen LogP contribution is -2.33. The molecule has 1 aliphatic carbocycles. The van der Waals surface area contributed by atoms with E-state index < -0.39 is 27.3 Å². The molecule has 1 heterocycles. The van der Waals surface area contributed by atoms with Gasteiger partial charge in [0.1, 0.15) is 11.4 Å². The van der Waals surface area contributed by atoms with E-state index in [9.17, 15) is 18.3 Å². The number of hydrogen-bond acceptors (Lipinski definition) is 7. The molecule has 1 aromatic rings. The standard InChI is InChI=1S/C16H26N4O4S/c1-16(2,3)12-11(13(17)22)14(20-15(19-12)25(4,23)24)18-9-6-5-7-10(21)8-9/h9-10,21H,5-8H2,1-4H3,(H2,17,22)(H,18,19,20)/t9-,10+/m1/s1. The number of sulfone groups is 1. The molecule has 0 spiro atoms. The van der Waals surface area contributed by atoms with Gasteiger partial charge in [0, 0.05) is 17.7 Å². The number of aliphatic hydroxyl groups is 1. The van der Waals surface area contributed by atoms with Gasteiger partial charge in [-0.05, 0) is 25.7 Å². The first-order valence-electron chi connectivity index (χ1n) is 8.26. The lowest BCUT2D eigenvalue weighted by Gasteiger charge is -2.29. The van der Waals surface area contributed by atoms with Crippen LogP contribution in [0.15, 0.2) is 5.16 Å². The van der Waals surface area contributed by atoms with Gasteiger partial charge >= 0.3 is 0 Å². The zero-order chi connectivity index (χ0) is 19.0. The highest BCUT2D eigenvalue weighted by atomic mass is 32.2. The van der Waals surface area contributed by atoms with Crippen molar-refractivity contribution in [2.75, 3.05) is 11.6 Å². The summed E-state index contributed by atoms with van der Waals surface area (Å²) in [4.78, 5) is 20.2. The fourth-order valence-corrected chi connectivity index (χ4v) is 3.49. The number of hydrogen-bond donors (Lipinski definition) is 3. The molecule has 8 nitrogen and oxygen atoms in total. The molecular weight excluding hydrogens is 344 g/mol. The smallest absolute Gasteiger partial charge is 0.254 e. The minimum Gasteiger partial charge on any atom is -0.393 e. The quantitative estimate of drug-likeness (QED) is 0.673. The van der Waals surface area contributed by atoms with Crippen molar-refractivity contribution in [2.45, 2.75) is 69.2 Å². The highest BCUT2D eigenvalue weighted by Crippen LogP contribution is 2.30. The SMILES string of the molecule is CC(C)(C)c1nc(S(C)(=O)=O)nc(N[C@@H]2CCC[C@H](O)C2)c1C(N)=O. The van der Waals surface area contributed by atoms with Crippen LogP contribution in [-0.2, 0) is 15.3 Å². The van der Waals surface area contributed by atoms with Crippen molar-refractivity contribution in [1.29, 1.82) is 0 Å². The summed E-state index contributed by atoms with van der Waals surface area (Å²) in [5.74, 6) is -0.601. The van der Waals surface area contributed by atoms with E-state index in [0.29, 0.717) is 6.42 Å². The summed E-state index contributed by atoms with van der Waals surface area (Å²) in [6, 6.07) is -0.114. The van der Waals surface area contributed by atoms with Crippen LogP contribution in [0, 0.1) is 0 Å².